The monoisotopic (exact) mass is 523 g/mol. The van der Waals surface area contributed by atoms with E-state index in [-0.39, 0.29) is 12.5 Å². The van der Waals surface area contributed by atoms with Gasteiger partial charge in [0.15, 0.2) is 18.1 Å². The molecule has 4 rings (SSSR count). The summed E-state index contributed by atoms with van der Waals surface area (Å²) in [7, 11) is 1.56. The Balaban J connectivity index is 1.40. The highest BCUT2D eigenvalue weighted by Crippen LogP contribution is 2.33. The quantitative estimate of drug-likeness (QED) is 0.417. The van der Waals surface area contributed by atoms with Crippen LogP contribution >= 0.6 is 15.9 Å². The summed E-state index contributed by atoms with van der Waals surface area (Å²) in [6, 6.07) is 21.0. The van der Waals surface area contributed by atoms with Gasteiger partial charge in [-0.05, 0) is 64.5 Å². The van der Waals surface area contributed by atoms with Crippen molar-refractivity contribution >= 4 is 45.1 Å². The Kier molecular flexibility index (Phi) is 8.17. The normalized spacial score (nSPS) is 13.6. The topological polar surface area (TPSA) is 72.4 Å². The van der Waals surface area contributed by atoms with Crippen LogP contribution in [0.4, 0.5) is 17.1 Å². The first kappa shape index (κ1) is 23.8. The Morgan fingerprint density at radius 3 is 2.53 bits per heavy atom. The maximum atomic E-state index is 12.2. The van der Waals surface area contributed by atoms with Gasteiger partial charge in [0.2, 0.25) is 0 Å². The summed E-state index contributed by atoms with van der Waals surface area (Å²) < 4.78 is 17.4. The van der Waals surface area contributed by atoms with Gasteiger partial charge in [-0.2, -0.15) is 0 Å². The second-order valence-electron chi connectivity index (χ2n) is 7.60. The molecular formula is C26H26BrN3O4. The lowest BCUT2D eigenvalue weighted by molar-refractivity contribution is -0.118. The SMILES string of the molecule is COc1cc(C=Nc2ccc(N3CCOCC3)cc2)c(Br)cc1OCC(=O)Nc1ccccc1. The van der Waals surface area contributed by atoms with Crippen molar-refractivity contribution in [3.63, 3.8) is 0 Å². The maximum Gasteiger partial charge on any atom is 0.262 e. The number of carbonyl (C=O) groups is 1. The Labute approximate surface area is 207 Å². The van der Waals surface area contributed by atoms with Crippen molar-refractivity contribution in [2.45, 2.75) is 0 Å². The van der Waals surface area contributed by atoms with Gasteiger partial charge < -0.3 is 24.4 Å². The number of hydrogen-bond acceptors (Lipinski definition) is 6. The lowest BCUT2D eigenvalue weighted by Crippen LogP contribution is -2.36. The number of para-hydroxylation sites is 1. The number of ether oxygens (including phenoxy) is 3. The van der Waals surface area contributed by atoms with Crippen LogP contribution in [-0.4, -0.2) is 52.1 Å². The summed E-state index contributed by atoms with van der Waals surface area (Å²) in [6.07, 6.45) is 1.77. The maximum absolute atomic E-state index is 12.2. The minimum Gasteiger partial charge on any atom is -0.493 e. The minimum absolute atomic E-state index is 0.138. The number of halogens is 1. The average molecular weight is 524 g/mol. The zero-order valence-electron chi connectivity index (χ0n) is 18.9. The van der Waals surface area contributed by atoms with Crippen molar-refractivity contribution in [3.05, 3.63) is 76.8 Å². The molecule has 1 aliphatic rings. The van der Waals surface area contributed by atoms with E-state index in [9.17, 15) is 4.79 Å². The number of hydrogen-bond donors (Lipinski definition) is 1. The highest BCUT2D eigenvalue weighted by Gasteiger charge is 2.13. The smallest absolute Gasteiger partial charge is 0.262 e. The van der Waals surface area contributed by atoms with Crippen LogP contribution in [0.2, 0.25) is 0 Å². The second-order valence-corrected chi connectivity index (χ2v) is 8.46. The van der Waals surface area contributed by atoms with E-state index < -0.39 is 0 Å². The van der Waals surface area contributed by atoms with Gasteiger partial charge in [-0.1, -0.05) is 18.2 Å². The first-order valence-electron chi connectivity index (χ1n) is 10.9. The fraction of sp³-hybridized carbons (Fsp3) is 0.231. The molecular weight excluding hydrogens is 498 g/mol. The molecule has 34 heavy (non-hydrogen) atoms. The molecule has 0 aliphatic carbocycles. The van der Waals surface area contributed by atoms with Crippen LogP contribution in [0.3, 0.4) is 0 Å². The van der Waals surface area contributed by atoms with Gasteiger partial charge in [-0.15, -0.1) is 0 Å². The largest absolute Gasteiger partial charge is 0.493 e. The standard InChI is InChI=1S/C26H26BrN3O4/c1-32-24-15-19(17-28-20-7-9-22(10-8-20)30-11-13-33-14-12-30)23(27)16-25(24)34-18-26(31)29-21-5-3-2-4-6-21/h2-10,15-17H,11-14,18H2,1H3,(H,29,31). The molecule has 0 atom stereocenters. The molecule has 1 heterocycles. The molecule has 0 bridgehead atoms. The fourth-order valence-corrected chi connectivity index (χ4v) is 3.92. The number of benzene rings is 3. The lowest BCUT2D eigenvalue weighted by Gasteiger charge is -2.28. The molecule has 1 N–H and O–H groups in total. The Morgan fingerprint density at radius 1 is 1.09 bits per heavy atom. The van der Waals surface area contributed by atoms with Gasteiger partial charge in [0.1, 0.15) is 0 Å². The minimum atomic E-state index is -0.254. The van der Waals surface area contributed by atoms with E-state index in [0.29, 0.717) is 17.2 Å². The molecule has 1 saturated heterocycles. The van der Waals surface area contributed by atoms with Crippen molar-refractivity contribution in [3.8, 4) is 11.5 Å². The summed E-state index contributed by atoms with van der Waals surface area (Å²) in [5, 5.41) is 2.79. The Hall–Kier alpha value is -3.36. The number of methoxy groups -OCH3 is 1. The third-order valence-corrected chi connectivity index (χ3v) is 5.96. The lowest BCUT2D eigenvalue weighted by atomic mass is 10.2. The molecule has 0 saturated carbocycles. The van der Waals surface area contributed by atoms with Crippen LogP contribution in [-0.2, 0) is 9.53 Å². The van der Waals surface area contributed by atoms with Gasteiger partial charge in [0.05, 0.1) is 26.0 Å². The molecule has 7 nitrogen and oxygen atoms in total. The predicted molar refractivity (Wildman–Crippen MR) is 138 cm³/mol. The fourth-order valence-electron chi connectivity index (χ4n) is 3.50. The van der Waals surface area contributed by atoms with E-state index in [1.54, 1.807) is 19.4 Å². The predicted octanol–water partition coefficient (Wildman–Crippen LogP) is 5.06. The zero-order chi connectivity index (χ0) is 23.8. The van der Waals surface area contributed by atoms with Crippen LogP contribution in [0.5, 0.6) is 11.5 Å². The van der Waals surface area contributed by atoms with E-state index in [2.05, 4.69) is 43.3 Å². The molecule has 3 aromatic carbocycles. The van der Waals surface area contributed by atoms with Crippen molar-refractivity contribution in [1.29, 1.82) is 0 Å². The molecule has 8 heteroatoms. The number of carbonyl (C=O) groups excluding carboxylic acids is 1. The van der Waals surface area contributed by atoms with Crippen LogP contribution < -0.4 is 19.7 Å². The molecule has 0 radical (unpaired) electrons. The van der Waals surface area contributed by atoms with Gasteiger partial charge in [-0.3, -0.25) is 9.79 Å². The summed E-state index contributed by atoms with van der Waals surface area (Å²) >= 11 is 3.56. The summed E-state index contributed by atoms with van der Waals surface area (Å²) in [5.74, 6) is 0.722. The van der Waals surface area contributed by atoms with Gasteiger partial charge >= 0.3 is 0 Å². The highest BCUT2D eigenvalue weighted by molar-refractivity contribution is 9.10. The molecule has 0 spiro atoms. The molecule has 1 fully saturated rings. The molecule has 0 aromatic heterocycles. The molecule has 1 aliphatic heterocycles. The van der Waals surface area contributed by atoms with Crippen molar-refractivity contribution in [2.24, 2.45) is 4.99 Å². The second kappa shape index (κ2) is 11.7. The number of anilines is 2. The Morgan fingerprint density at radius 2 is 1.82 bits per heavy atom. The van der Waals surface area contributed by atoms with Crippen LogP contribution in [0.15, 0.2) is 76.2 Å². The summed E-state index contributed by atoms with van der Waals surface area (Å²) in [5.41, 5.74) is 3.56. The van der Waals surface area contributed by atoms with E-state index in [1.165, 1.54) is 5.69 Å². The third-order valence-electron chi connectivity index (χ3n) is 5.28. The molecule has 1 amide bonds. The highest BCUT2D eigenvalue weighted by atomic mass is 79.9. The van der Waals surface area contributed by atoms with Gasteiger partial charge in [0, 0.05) is 40.7 Å². The average Bonchev–Trinajstić information content (AvgIpc) is 2.88. The zero-order valence-corrected chi connectivity index (χ0v) is 20.5. The summed E-state index contributed by atoms with van der Waals surface area (Å²) in [4.78, 5) is 19.1. The molecule has 176 valence electrons. The van der Waals surface area contributed by atoms with E-state index in [4.69, 9.17) is 14.2 Å². The van der Waals surface area contributed by atoms with Crippen LogP contribution in [0.1, 0.15) is 5.56 Å². The van der Waals surface area contributed by atoms with E-state index in [0.717, 1.165) is 42.0 Å². The molecule has 0 unspecified atom stereocenters. The van der Waals surface area contributed by atoms with Crippen molar-refractivity contribution in [2.75, 3.05) is 50.2 Å². The van der Waals surface area contributed by atoms with Crippen LogP contribution in [0, 0.1) is 0 Å². The first-order valence-corrected chi connectivity index (χ1v) is 11.7. The van der Waals surface area contributed by atoms with Crippen LogP contribution in [0.25, 0.3) is 0 Å². The van der Waals surface area contributed by atoms with E-state index in [1.807, 2.05) is 48.5 Å². The molecule has 3 aromatic rings. The van der Waals surface area contributed by atoms with Gasteiger partial charge in [-0.25, -0.2) is 0 Å². The number of aliphatic imine (C=N–C) groups is 1. The first-order chi connectivity index (χ1) is 16.6. The number of nitrogens with one attached hydrogen (secondary N) is 1. The van der Waals surface area contributed by atoms with Crippen molar-refractivity contribution < 1.29 is 19.0 Å². The number of rotatable bonds is 8. The number of nitrogens with zero attached hydrogens (tertiary/aromatic N) is 2. The Bertz CT molecular complexity index is 1130. The van der Waals surface area contributed by atoms with Gasteiger partial charge in [0.25, 0.3) is 5.91 Å². The van der Waals surface area contributed by atoms with Crippen molar-refractivity contribution in [1.82, 2.24) is 0 Å². The third kappa shape index (κ3) is 6.36. The number of amides is 1. The number of morpholine rings is 1. The summed E-state index contributed by atoms with van der Waals surface area (Å²) in [6.45, 7) is 3.18. The van der Waals surface area contributed by atoms with E-state index >= 15 is 0 Å².